The molecule has 1 aromatic heterocycles. The summed E-state index contributed by atoms with van der Waals surface area (Å²) in [7, 11) is 0. The molecule has 0 saturated heterocycles. The highest BCUT2D eigenvalue weighted by atomic mass is 32.1. The molecule has 0 aliphatic carbocycles. The highest BCUT2D eigenvalue weighted by molar-refractivity contribution is 7.19. The topological polar surface area (TPSA) is 59.6 Å². The molecule has 3 aromatic rings. The van der Waals surface area contributed by atoms with Crippen molar-refractivity contribution in [2.24, 2.45) is 0 Å². The van der Waals surface area contributed by atoms with Crippen molar-refractivity contribution in [3.05, 3.63) is 58.5 Å². The summed E-state index contributed by atoms with van der Waals surface area (Å²) >= 11 is 1.82. The van der Waals surface area contributed by atoms with Gasteiger partial charge in [0.15, 0.2) is 11.5 Å². The van der Waals surface area contributed by atoms with Gasteiger partial charge in [0, 0.05) is 22.7 Å². The lowest BCUT2D eigenvalue weighted by atomic mass is 9.98. The molecule has 0 fully saturated rings. The molecule has 0 spiro atoms. The van der Waals surface area contributed by atoms with Crippen molar-refractivity contribution >= 4 is 27.3 Å². The van der Waals surface area contributed by atoms with Crippen molar-refractivity contribution < 1.29 is 14.3 Å². The minimum absolute atomic E-state index is 0.0311. The third-order valence-corrected chi connectivity index (χ3v) is 6.13. The molecule has 5 rings (SSSR count). The summed E-state index contributed by atoms with van der Waals surface area (Å²) in [6.07, 6.45) is 0.728. The molecule has 1 atom stereocenters. The second-order valence-electron chi connectivity index (χ2n) is 6.54. The van der Waals surface area contributed by atoms with Crippen molar-refractivity contribution in [1.29, 1.82) is 0 Å². The highest BCUT2D eigenvalue weighted by Gasteiger charge is 2.27. The van der Waals surface area contributed by atoms with E-state index in [1.165, 1.54) is 20.5 Å². The number of amides is 1. The fraction of sp³-hybridized carbons (Fsp3) is 0.250. The van der Waals surface area contributed by atoms with Gasteiger partial charge in [-0.2, -0.15) is 0 Å². The minimum Gasteiger partial charge on any atom is -0.454 e. The van der Waals surface area contributed by atoms with Gasteiger partial charge in [0.25, 0.3) is 0 Å². The summed E-state index contributed by atoms with van der Waals surface area (Å²) in [5.74, 6) is 1.52. The Bertz CT molecular complexity index is 998. The number of carbonyl (C=O) groups excluding carboxylic acids is 1. The maximum atomic E-state index is 12.6. The average Bonchev–Trinajstić information content (AvgIpc) is 3.29. The number of hydrogen-bond donors (Lipinski definition) is 2. The first kappa shape index (κ1) is 15.7. The van der Waals surface area contributed by atoms with E-state index < -0.39 is 0 Å². The number of thiophene rings is 1. The predicted octanol–water partition coefficient (Wildman–Crippen LogP) is 2.96. The molecule has 0 bridgehead atoms. The molecule has 2 aliphatic rings. The average molecular weight is 366 g/mol. The van der Waals surface area contributed by atoms with Crippen LogP contribution in [-0.2, 0) is 24.3 Å². The van der Waals surface area contributed by atoms with Crippen LogP contribution < -0.4 is 20.1 Å². The maximum Gasteiger partial charge on any atom is 0.237 e. The summed E-state index contributed by atoms with van der Waals surface area (Å²) in [6.45, 7) is 1.48. The van der Waals surface area contributed by atoms with E-state index in [1.807, 2.05) is 29.5 Å². The van der Waals surface area contributed by atoms with E-state index in [0.29, 0.717) is 6.54 Å². The SMILES string of the molecule is O=C(NCc1ccc2c(c1)OCO2)C1Cc2c(sc3ccccc23)CN1. The number of carbonyl (C=O) groups is 1. The van der Waals surface area contributed by atoms with Crippen molar-refractivity contribution in [2.45, 2.75) is 25.6 Å². The smallest absolute Gasteiger partial charge is 0.237 e. The molecule has 132 valence electrons. The van der Waals surface area contributed by atoms with Crippen molar-refractivity contribution in [3.8, 4) is 11.5 Å². The zero-order chi connectivity index (χ0) is 17.5. The minimum atomic E-state index is -0.200. The number of fused-ring (bicyclic) bond motifs is 4. The van der Waals surface area contributed by atoms with Gasteiger partial charge in [-0.3, -0.25) is 4.79 Å². The van der Waals surface area contributed by atoms with Gasteiger partial charge in [0.1, 0.15) is 0 Å². The first-order chi connectivity index (χ1) is 12.8. The fourth-order valence-electron chi connectivity index (χ4n) is 3.56. The summed E-state index contributed by atoms with van der Waals surface area (Å²) < 4.78 is 12.0. The van der Waals surface area contributed by atoms with E-state index in [4.69, 9.17) is 9.47 Å². The third-order valence-electron chi connectivity index (χ3n) is 4.92. The van der Waals surface area contributed by atoms with Gasteiger partial charge in [0.05, 0.1) is 6.04 Å². The second-order valence-corrected chi connectivity index (χ2v) is 7.68. The van der Waals surface area contributed by atoms with Gasteiger partial charge < -0.3 is 20.1 Å². The number of nitrogens with one attached hydrogen (secondary N) is 2. The molecule has 1 amide bonds. The third kappa shape index (κ3) is 2.71. The van der Waals surface area contributed by atoms with E-state index in [2.05, 4.69) is 34.9 Å². The Kier molecular flexibility index (Phi) is 3.80. The largest absolute Gasteiger partial charge is 0.454 e. The maximum absolute atomic E-state index is 12.6. The normalized spacial score (nSPS) is 17.9. The second kappa shape index (κ2) is 6.30. The first-order valence-corrected chi connectivity index (χ1v) is 9.48. The molecule has 0 saturated carbocycles. The molecular formula is C20H18N2O3S. The van der Waals surface area contributed by atoms with Crippen LogP contribution in [0.1, 0.15) is 16.0 Å². The van der Waals surface area contributed by atoms with Crippen molar-refractivity contribution in [2.75, 3.05) is 6.79 Å². The van der Waals surface area contributed by atoms with Crippen LogP contribution in [0.15, 0.2) is 42.5 Å². The monoisotopic (exact) mass is 366 g/mol. The van der Waals surface area contributed by atoms with E-state index in [0.717, 1.165) is 30.0 Å². The van der Waals surface area contributed by atoms with Crippen LogP contribution in [-0.4, -0.2) is 18.7 Å². The fourth-order valence-corrected chi connectivity index (χ4v) is 4.74. The Labute approximate surface area is 154 Å². The predicted molar refractivity (Wildman–Crippen MR) is 101 cm³/mol. The molecule has 1 unspecified atom stereocenters. The van der Waals surface area contributed by atoms with Gasteiger partial charge in [-0.1, -0.05) is 24.3 Å². The quantitative estimate of drug-likeness (QED) is 0.748. The first-order valence-electron chi connectivity index (χ1n) is 8.67. The molecule has 2 aromatic carbocycles. The zero-order valence-corrected chi connectivity index (χ0v) is 14.9. The van der Waals surface area contributed by atoms with Gasteiger partial charge in [-0.25, -0.2) is 0 Å². The Morgan fingerprint density at radius 1 is 1.19 bits per heavy atom. The van der Waals surface area contributed by atoms with Crippen LogP contribution in [0.2, 0.25) is 0 Å². The Morgan fingerprint density at radius 2 is 2.08 bits per heavy atom. The molecule has 2 aliphatic heterocycles. The lowest BCUT2D eigenvalue weighted by molar-refractivity contribution is -0.123. The van der Waals surface area contributed by atoms with Crippen molar-refractivity contribution in [1.82, 2.24) is 10.6 Å². The molecule has 2 N–H and O–H groups in total. The number of benzene rings is 2. The number of hydrogen-bond acceptors (Lipinski definition) is 5. The molecule has 26 heavy (non-hydrogen) atoms. The van der Waals surface area contributed by atoms with E-state index in [1.54, 1.807) is 0 Å². The van der Waals surface area contributed by atoms with E-state index >= 15 is 0 Å². The standard InChI is InChI=1S/C20H18N2O3S/c23-20(22-9-12-5-6-16-17(7-12)25-11-24-16)15-8-14-13-3-1-2-4-18(13)26-19(14)10-21-15/h1-7,15,21H,8-11H2,(H,22,23). The summed E-state index contributed by atoms with van der Waals surface area (Å²) in [6, 6.07) is 14.0. The van der Waals surface area contributed by atoms with Crippen LogP contribution in [0, 0.1) is 0 Å². The molecule has 5 nitrogen and oxygen atoms in total. The van der Waals surface area contributed by atoms with E-state index in [9.17, 15) is 4.79 Å². The Hall–Kier alpha value is -2.57. The lowest BCUT2D eigenvalue weighted by Crippen LogP contribution is -2.47. The Morgan fingerprint density at radius 3 is 3.04 bits per heavy atom. The summed E-state index contributed by atoms with van der Waals surface area (Å²) in [4.78, 5) is 14.0. The van der Waals surface area contributed by atoms with Gasteiger partial charge in [-0.05, 0) is 41.1 Å². The van der Waals surface area contributed by atoms with Gasteiger partial charge in [-0.15, -0.1) is 11.3 Å². The van der Waals surface area contributed by atoms with Crippen LogP contribution in [0.5, 0.6) is 11.5 Å². The molecular weight excluding hydrogens is 348 g/mol. The number of ether oxygens (including phenoxy) is 2. The highest BCUT2D eigenvalue weighted by Crippen LogP contribution is 2.34. The summed E-state index contributed by atoms with van der Waals surface area (Å²) in [5, 5.41) is 7.68. The summed E-state index contributed by atoms with van der Waals surface area (Å²) in [5.41, 5.74) is 2.31. The van der Waals surface area contributed by atoms with Crippen LogP contribution in [0.4, 0.5) is 0 Å². The van der Waals surface area contributed by atoms with E-state index in [-0.39, 0.29) is 18.7 Å². The van der Waals surface area contributed by atoms with Gasteiger partial charge in [0.2, 0.25) is 12.7 Å². The molecule has 3 heterocycles. The van der Waals surface area contributed by atoms with Crippen LogP contribution >= 0.6 is 11.3 Å². The number of rotatable bonds is 3. The van der Waals surface area contributed by atoms with Crippen LogP contribution in [0.25, 0.3) is 10.1 Å². The molecule has 6 heteroatoms. The zero-order valence-electron chi connectivity index (χ0n) is 14.1. The van der Waals surface area contributed by atoms with Gasteiger partial charge >= 0.3 is 0 Å². The molecule has 0 radical (unpaired) electrons. The lowest BCUT2D eigenvalue weighted by Gasteiger charge is -2.23. The Balaban J connectivity index is 1.28. The van der Waals surface area contributed by atoms with Crippen LogP contribution in [0.3, 0.4) is 0 Å². The van der Waals surface area contributed by atoms with Crippen molar-refractivity contribution in [3.63, 3.8) is 0 Å².